The summed E-state index contributed by atoms with van der Waals surface area (Å²) in [5.74, 6) is 0. The second-order valence-corrected chi connectivity index (χ2v) is 6.06. The van der Waals surface area contributed by atoms with Gasteiger partial charge in [0.15, 0.2) is 0 Å². The van der Waals surface area contributed by atoms with Gasteiger partial charge < -0.3 is 10.1 Å². The molecule has 3 atom stereocenters. The first kappa shape index (κ1) is 12.1. The minimum Gasteiger partial charge on any atom is -0.378 e. The van der Waals surface area contributed by atoms with Crippen LogP contribution in [0.2, 0.25) is 0 Å². The molecule has 2 aliphatic carbocycles. The molecule has 2 aliphatic rings. The molecule has 0 saturated heterocycles. The van der Waals surface area contributed by atoms with Crippen molar-refractivity contribution in [1.29, 1.82) is 0 Å². The van der Waals surface area contributed by atoms with Crippen molar-refractivity contribution in [2.24, 2.45) is 5.41 Å². The molecular formula is C14H25NO. The van der Waals surface area contributed by atoms with E-state index < -0.39 is 0 Å². The molecular weight excluding hydrogens is 198 g/mol. The van der Waals surface area contributed by atoms with Gasteiger partial charge in [0, 0.05) is 24.6 Å². The molecule has 2 rings (SSSR count). The van der Waals surface area contributed by atoms with Crippen LogP contribution in [0, 0.1) is 5.41 Å². The van der Waals surface area contributed by atoms with E-state index in [4.69, 9.17) is 4.74 Å². The Labute approximate surface area is 99.4 Å². The van der Waals surface area contributed by atoms with E-state index in [1.165, 1.54) is 19.3 Å². The Hall–Kier alpha value is -0.340. The molecule has 16 heavy (non-hydrogen) atoms. The summed E-state index contributed by atoms with van der Waals surface area (Å²) >= 11 is 0. The van der Waals surface area contributed by atoms with Crippen LogP contribution in [-0.2, 0) is 4.74 Å². The third kappa shape index (κ3) is 1.82. The maximum Gasteiger partial charge on any atom is 0.0731 e. The summed E-state index contributed by atoms with van der Waals surface area (Å²) in [6.45, 7) is 6.86. The van der Waals surface area contributed by atoms with Gasteiger partial charge in [-0.2, -0.15) is 0 Å². The lowest BCUT2D eigenvalue weighted by Crippen LogP contribution is -2.69. The summed E-state index contributed by atoms with van der Waals surface area (Å²) in [5.41, 5.74) is 0.290. The Kier molecular flexibility index (Phi) is 3.15. The van der Waals surface area contributed by atoms with Crippen LogP contribution in [0.25, 0.3) is 0 Å². The highest BCUT2D eigenvalue weighted by molar-refractivity contribution is 5.12. The average Bonchev–Trinajstić information content (AvgIpc) is 2.29. The molecule has 0 aliphatic heterocycles. The number of rotatable bonds is 3. The second-order valence-electron chi connectivity index (χ2n) is 6.06. The van der Waals surface area contributed by atoms with Crippen LogP contribution in [-0.4, -0.2) is 24.8 Å². The zero-order valence-corrected chi connectivity index (χ0v) is 11.0. The Morgan fingerprint density at radius 1 is 1.25 bits per heavy atom. The van der Waals surface area contributed by atoms with Crippen molar-refractivity contribution in [3.63, 3.8) is 0 Å². The van der Waals surface area contributed by atoms with E-state index in [1.807, 2.05) is 7.11 Å². The lowest BCUT2D eigenvalue weighted by Gasteiger charge is -2.60. The van der Waals surface area contributed by atoms with Gasteiger partial charge in [-0.3, -0.25) is 0 Å². The van der Waals surface area contributed by atoms with E-state index in [2.05, 4.69) is 38.2 Å². The van der Waals surface area contributed by atoms with Gasteiger partial charge in [0.1, 0.15) is 0 Å². The normalized spacial score (nSPS) is 41.8. The summed E-state index contributed by atoms with van der Waals surface area (Å²) < 4.78 is 5.65. The fraction of sp³-hybridized carbons (Fsp3) is 0.857. The van der Waals surface area contributed by atoms with Crippen LogP contribution in [0.15, 0.2) is 12.2 Å². The molecule has 92 valence electrons. The fourth-order valence-corrected chi connectivity index (χ4v) is 2.99. The largest absolute Gasteiger partial charge is 0.378 e. The van der Waals surface area contributed by atoms with Gasteiger partial charge in [0.25, 0.3) is 0 Å². The van der Waals surface area contributed by atoms with Gasteiger partial charge in [-0.25, -0.2) is 0 Å². The van der Waals surface area contributed by atoms with Crippen LogP contribution in [0.1, 0.15) is 46.5 Å². The number of allylic oxidation sites excluding steroid dienone is 1. The van der Waals surface area contributed by atoms with Crippen LogP contribution in [0.5, 0.6) is 0 Å². The summed E-state index contributed by atoms with van der Waals surface area (Å²) in [6, 6.07) is 1.28. The van der Waals surface area contributed by atoms with E-state index in [-0.39, 0.29) is 11.0 Å². The summed E-state index contributed by atoms with van der Waals surface area (Å²) in [7, 11) is 1.83. The van der Waals surface area contributed by atoms with Crippen LogP contribution in [0.3, 0.4) is 0 Å². The van der Waals surface area contributed by atoms with E-state index in [0.717, 1.165) is 6.42 Å². The topological polar surface area (TPSA) is 21.3 Å². The highest BCUT2D eigenvalue weighted by Crippen LogP contribution is 2.51. The molecule has 3 unspecified atom stereocenters. The molecule has 2 heteroatoms. The summed E-state index contributed by atoms with van der Waals surface area (Å²) in [5, 5.41) is 3.80. The fourth-order valence-electron chi connectivity index (χ4n) is 2.99. The zero-order chi connectivity index (χ0) is 11.8. The maximum atomic E-state index is 5.65. The van der Waals surface area contributed by atoms with Crippen molar-refractivity contribution in [1.82, 2.24) is 5.32 Å². The van der Waals surface area contributed by atoms with Gasteiger partial charge in [-0.15, -0.1) is 0 Å². The number of methoxy groups -OCH3 is 1. The van der Waals surface area contributed by atoms with Crippen molar-refractivity contribution >= 4 is 0 Å². The average molecular weight is 223 g/mol. The second kappa shape index (κ2) is 4.15. The van der Waals surface area contributed by atoms with Crippen LogP contribution >= 0.6 is 0 Å². The zero-order valence-electron chi connectivity index (χ0n) is 11.0. The van der Waals surface area contributed by atoms with Gasteiger partial charge >= 0.3 is 0 Å². The lowest BCUT2D eigenvalue weighted by molar-refractivity contribution is -0.182. The van der Waals surface area contributed by atoms with Gasteiger partial charge in [0.05, 0.1) is 5.60 Å². The molecule has 0 aromatic heterocycles. The number of ether oxygens (including phenoxy) is 1. The molecule has 0 amide bonds. The quantitative estimate of drug-likeness (QED) is 0.743. The maximum absolute atomic E-state index is 5.65. The molecule has 0 aromatic rings. The third-order valence-electron chi connectivity index (χ3n) is 4.98. The molecule has 1 N–H and O–H groups in total. The molecule has 0 radical (unpaired) electrons. The van der Waals surface area contributed by atoms with Crippen LogP contribution < -0.4 is 5.32 Å². The SMILES string of the molecule is COC1(C)CC(NC2CC=CCC2)C1(C)C. The highest BCUT2D eigenvalue weighted by atomic mass is 16.5. The Balaban J connectivity index is 1.91. The van der Waals surface area contributed by atoms with Crippen molar-refractivity contribution in [2.75, 3.05) is 7.11 Å². The Morgan fingerprint density at radius 3 is 2.50 bits per heavy atom. The standard InChI is InChI=1S/C14H25NO/c1-13(2)12(10-14(13,3)16-4)15-11-8-6-5-7-9-11/h5-6,11-12,15H,7-10H2,1-4H3. The van der Waals surface area contributed by atoms with Gasteiger partial charge in [-0.1, -0.05) is 26.0 Å². The van der Waals surface area contributed by atoms with E-state index in [1.54, 1.807) is 0 Å². The lowest BCUT2D eigenvalue weighted by atomic mass is 9.55. The van der Waals surface area contributed by atoms with Crippen molar-refractivity contribution in [2.45, 2.75) is 64.1 Å². The number of hydrogen-bond acceptors (Lipinski definition) is 2. The Morgan fingerprint density at radius 2 is 2.00 bits per heavy atom. The summed E-state index contributed by atoms with van der Waals surface area (Å²) in [6.07, 6.45) is 9.44. The highest BCUT2D eigenvalue weighted by Gasteiger charge is 2.57. The van der Waals surface area contributed by atoms with Crippen molar-refractivity contribution in [3.8, 4) is 0 Å². The predicted octanol–water partition coefficient (Wildman–Crippen LogP) is 2.89. The van der Waals surface area contributed by atoms with Gasteiger partial charge in [-0.05, 0) is 32.6 Å². The van der Waals surface area contributed by atoms with Crippen molar-refractivity contribution < 1.29 is 4.74 Å². The Bertz CT molecular complexity index is 284. The molecule has 2 nitrogen and oxygen atoms in total. The summed E-state index contributed by atoms with van der Waals surface area (Å²) in [4.78, 5) is 0. The smallest absolute Gasteiger partial charge is 0.0731 e. The predicted molar refractivity (Wildman–Crippen MR) is 67.5 cm³/mol. The molecule has 0 heterocycles. The number of hydrogen-bond donors (Lipinski definition) is 1. The number of nitrogens with one attached hydrogen (secondary N) is 1. The van der Waals surface area contributed by atoms with Crippen LogP contribution in [0.4, 0.5) is 0 Å². The van der Waals surface area contributed by atoms with E-state index >= 15 is 0 Å². The first-order valence-corrected chi connectivity index (χ1v) is 6.46. The van der Waals surface area contributed by atoms with Gasteiger partial charge in [0.2, 0.25) is 0 Å². The minimum atomic E-state index is 0.0508. The monoisotopic (exact) mass is 223 g/mol. The van der Waals surface area contributed by atoms with E-state index in [9.17, 15) is 0 Å². The molecule has 1 saturated carbocycles. The molecule has 0 spiro atoms. The van der Waals surface area contributed by atoms with E-state index in [0.29, 0.717) is 12.1 Å². The minimum absolute atomic E-state index is 0.0508. The molecule has 0 bridgehead atoms. The third-order valence-corrected chi connectivity index (χ3v) is 4.98. The molecule has 0 aromatic carbocycles. The van der Waals surface area contributed by atoms with Crippen molar-refractivity contribution in [3.05, 3.63) is 12.2 Å². The molecule has 1 fully saturated rings. The first-order chi connectivity index (χ1) is 7.49. The first-order valence-electron chi connectivity index (χ1n) is 6.46.